The van der Waals surface area contributed by atoms with E-state index in [9.17, 15) is 9.59 Å². The number of hydrogen-bond donors (Lipinski definition) is 2. The maximum atomic E-state index is 12.9. The number of carbonyl (C=O) groups is 2. The highest BCUT2D eigenvalue weighted by atomic mass is 35.5. The van der Waals surface area contributed by atoms with Gasteiger partial charge in [0.25, 0.3) is 5.91 Å². The van der Waals surface area contributed by atoms with Gasteiger partial charge in [0, 0.05) is 11.4 Å². The summed E-state index contributed by atoms with van der Waals surface area (Å²) in [5, 5.41) is 12.4. The number of aryl methyl sites for hydroxylation is 1. The van der Waals surface area contributed by atoms with Crippen LogP contribution in [0.3, 0.4) is 0 Å². The molecular formula is C25H24ClNO4. The number of carbonyl (C=O) groups excluding carboxylic acids is 1. The molecule has 0 spiro atoms. The molecule has 0 saturated carbocycles. The van der Waals surface area contributed by atoms with Crippen LogP contribution in [0, 0.1) is 6.92 Å². The number of amides is 1. The van der Waals surface area contributed by atoms with Crippen LogP contribution in [0.25, 0.3) is 0 Å². The lowest BCUT2D eigenvalue weighted by atomic mass is 10.1. The van der Waals surface area contributed by atoms with Gasteiger partial charge in [0.15, 0.2) is 0 Å². The average molecular weight is 438 g/mol. The Balaban J connectivity index is 1.67. The second-order valence-electron chi connectivity index (χ2n) is 7.35. The molecule has 0 aliphatic heterocycles. The monoisotopic (exact) mass is 437 g/mol. The molecule has 3 aromatic carbocycles. The summed E-state index contributed by atoms with van der Waals surface area (Å²) < 4.78 is 5.89. The lowest BCUT2D eigenvalue weighted by molar-refractivity contribution is 0.0696. The standard InChI is InChI=1S/C25H24ClNO4/c1-16-3-5-18(6-4-16)13-14-31-23-12-11-21(26)15-22(23)24(28)27-17(2)19-7-9-20(10-8-19)25(29)30/h3-12,15,17H,13-14H2,1-2H3,(H,27,28)(H,29,30)/t17-/m0/s1. The van der Waals surface area contributed by atoms with Crippen molar-refractivity contribution in [2.45, 2.75) is 26.3 Å². The van der Waals surface area contributed by atoms with Gasteiger partial charge in [-0.2, -0.15) is 0 Å². The number of carboxylic acid groups (broad SMARTS) is 1. The number of aromatic carboxylic acids is 1. The summed E-state index contributed by atoms with van der Waals surface area (Å²) in [4.78, 5) is 23.9. The first-order chi connectivity index (χ1) is 14.8. The predicted octanol–water partition coefficient (Wildman–Crippen LogP) is 5.46. The zero-order chi connectivity index (χ0) is 22.4. The zero-order valence-corrected chi connectivity index (χ0v) is 18.1. The van der Waals surface area contributed by atoms with Gasteiger partial charge in [0.1, 0.15) is 5.75 Å². The van der Waals surface area contributed by atoms with Gasteiger partial charge < -0.3 is 15.2 Å². The minimum Gasteiger partial charge on any atom is -0.492 e. The molecule has 0 unspecified atom stereocenters. The van der Waals surface area contributed by atoms with Gasteiger partial charge in [0.05, 0.1) is 23.8 Å². The number of hydrogen-bond acceptors (Lipinski definition) is 3. The fourth-order valence-electron chi connectivity index (χ4n) is 3.11. The van der Waals surface area contributed by atoms with Crippen LogP contribution in [0.2, 0.25) is 5.02 Å². The maximum absolute atomic E-state index is 12.9. The average Bonchev–Trinajstić information content (AvgIpc) is 2.76. The van der Waals surface area contributed by atoms with Crippen molar-refractivity contribution in [1.29, 1.82) is 0 Å². The van der Waals surface area contributed by atoms with Crippen LogP contribution in [-0.4, -0.2) is 23.6 Å². The third-order valence-corrected chi connectivity index (χ3v) is 5.20. The van der Waals surface area contributed by atoms with Crippen molar-refractivity contribution in [2.24, 2.45) is 0 Å². The first-order valence-electron chi connectivity index (χ1n) is 9.95. The molecule has 3 aromatic rings. The molecule has 3 rings (SSSR count). The SMILES string of the molecule is Cc1ccc(CCOc2ccc(Cl)cc2C(=O)N[C@@H](C)c2ccc(C(=O)O)cc2)cc1. The highest BCUT2D eigenvalue weighted by molar-refractivity contribution is 6.31. The van der Waals surface area contributed by atoms with Crippen molar-refractivity contribution in [2.75, 3.05) is 6.61 Å². The fraction of sp³-hybridized carbons (Fsp3) is 0.200. The van der Waals surface area contributed by atoms with E-state index >= 15 is 0 Å². The lowest BCUT2D eigenvalue weighted by Crippen LogP contribution is -2.27. The number of ether oxygens (including phenoxy) is 1. The second kappa shape index (κ2) is 10.1. The van der Waals surface area contributed by atoms with Crippen LogP contribution in [0.15, 0.2) is 66.7 Å². The highest BCUT2D eigenvalue weighted by Crippen LogP contribution is 2.24. The van der Waals surface area contributed by atoms with E-state index in [1.807, 2.05) is 13.8 Å². The number of carboxylic acids is 1. The van der Waals surface area contributed by atoms with Gasteiger partial charge in [0.2, 0.25) is 0 Å². The van der Waals surface area contributed by atoms with Crippen molar-refractivity contribution in [3.05, 3.63) is 99.6 Å². The molecule has 0 bridgehead atoms. The summed E-state index contributed by atoms with van der Waals surface area (Å²) >= 11 is 6.12. The van der Waals surface area contributed by atoms with Gasteiger partial charge in [-0.3, -0.25) is 4.79 Å². The van der Waals surface area contributed by atoms with Crippen molar-refractivity contribution < 1.29 is 19.4 Å². The van der Waals surface area contributed by atoms with Gasteiger partial charge in [-0.05, 0) is 55.3 Å². The quantitative estimate of drug-likeness (QED) is 0.490. The first kappa shape index (κ1) is 22.4. The highest BCUT2D eigenvalue weighted by Gasteiger charge is 2.17. The summed E-state index contributed by atoms with van der Waals surface area (Å²) in [5.74, 6) is -0.848. The summed E-state index contributed by atoms with van der Waals surface area (Å²) in [6.45, 7) is 4.30. The van der Waals surface area contributed by atoms with Crippen LogP contribution >= 0.6 is 11.6 Å². The van der Waals surface area contributed by atoms with E-state index in [4.69, 9.17) is 21.4 Å². The number of rotatable bonds is 8. The molecule has 6 heteroatoms. The van der Waals surface area contributed by atoms with Crippen molar-refractivity contribution in [3.8, 4) is 5.75 Å². The summed E-state index contributed by atoms with van der Waals surface area (Å²) in [5.41, 5.74) is 3.70. The predicted molar refractivity (Wildman–Crippen MR) is 121 cm³/mol. The van der Waals surface area contributed by atoms with Gasteiger partial charge in [-0.1, -0.05) is 53.6 Å². The Morgan fingerprint density at radius 1 is 1.03 bits per heavy atom. The smallest absolute Gasteiger partial charge is 0.335 e. The van der Waals surface area contributed by atoms with Gasteiger partial charge >= 0.3 is 5.97 Å². The molecule has 1 amide bonds. The fourth-order valence-corrected chi connectivity index (χ4v) is 3.28. The Morgan fingerprint density at radius 3 is 2.35 bits per heavy atom. The van der Waals surface area contributed by atoms with E-state index < -0.39 is 5.97 Å². The van der Waals surface area contributed by atoms with E-state index in [2.05, 4.69) is 29.6 Å². The first-order valence-corrected chi connectivity index (χ1v) is 10.3. The Morgan fingerprint density at radius 2 is 1.71 bits per heavy atom. The molecule has 0 aromatic heterocycles. The largest absolute Gasteiger partial charge is 0.492 e. The summed E-state index contributed by atoms with van der Waals surface area (Å²) in [6, 6.07) is 19.3. The van der Waals surface area contributed by atoms with E-state index in [1.165, 1.54) is 17.7 Å². The molecule has 1 atom stereocenters. The zero-order valence-electron chi connectivity index (χ0n) is 17.4. The van der Waals surface area contributed by atoms with Crippen molar-refractivity contribution in [1.82, 2.24) is 5.32 Å². The second-order valence-corrected chi connectivity index (χ2v) is 7.78. The Hall–Kier alpha value is -3.31. The third kappa shape index (κ3) is 6.09. The topological polar surface area (TPSA) is 75.6 Å². The molecule has 0 fully saturated rings. The van der Waals surface area contributed by atoms with E-state index in [0.29, 0.717) is 22.9 Å². The number of benzene rings is 3. The maximum Gasteiger partial charge on any atom is 0.335 e. The molecule has 2 N–H and O–H groups in total. The molecule has 0 saturated heterocycles. The van der Waals surface area contributed by atoms with Crippen LogP contribution in [-0.2, 0) is 6.42 Å². The van der Waals surface area contributed by atoms with Crippen LogP contribution < -0.4 is 10.1 Å². The van der Waals surface area contributed by atoms with E-state index in [-0.39, 0.29) is 17.5 Å². The lowest BCUT2D eigenvalue weighted by Gasteiger charge is -2.17. The van der Waals surface area contributed by atoms with Crippen molar-refractivity contribution in [3.63, 3.8) is 0 Å². The van der Waals surface area contributed by atoms with Crippen LogP contribution in [0.4, 0.5) is 0 Å². The summed E-state index contributed by atoms with van der Waals surface area (Å²) in [7, 11) is 0. The Kier molecular flexibility index (Phi) is 7.32. The number of nitrogens with one attached hydrogen (secondary N) is 1. The van der Waals surface area contributed by atoms with Crippen molar-refractivity contribution >= 4 is 23.5 Å². The molecule has 160 valence electrons. The third-order valence-electron chi connectivity index (χ3n) is 4.96. The van der Waals surface area contributed by atoms with E-state index in [0.717, 1.165) is 17.5 Å². The van der Waals surface area contributed by atoms with Crippen LogP contribution in [0.5, 0.6) is 5.75 Å². The minimum absolute atomic E-state index is 0.196. The van der Waals surface area contributed by atoms with Gasteiger partial charge in [-0.25, -0.2) is 4.79 Å². The minimum atomic E-state index is -0.991. The molecule has 0 radical (unpaired) electrons. The Labute approximate surface area is 186 Å². The molecule has 0 heterocycles. The van der Waals surface area contributed by atoms with Crippen LogP contribution in [0.1, 0.15) is 50.4 Å². The van der Waals surface area contributed by atoms with E-state index in [1.54, 1.807) is 30.3 Å². The number of halogens is 1. The molecular weight excluding hydrogens is 414 g/mol. The summed E-state index contributed by atoms with van der Waals surface area (Å²) in [6.07, 6.45) is 0.719. The molecule has 31 heavy (non-hydrogen) atoms. The molecule has 5 nitrogen and oxygen atoms in total. The normalized spacial score (nSPS) is 11.6. The Bertz CT molecular complexity index is 1060. The molecule has 0 aliphatic rings. The molecule has 0 aliphatic carbocycles. The van der Waals surface area contributed by atoms with Gasteiger partial charge in [-0.15, -0.1) is 0 Å².